The molecule has 0 heterocycles. The number of carboxylic acids is 2. The number of aliphatic carboxylic acids is 2. The highest BCUT2D eigenvalue weighted by molar-refractivity contribution is 14.1. The molecule has 0 fully saturated rings. The molecule has 0 aliphatic carbocycles. The molecule has 0 aromatic heterocycles. The molecule has 9 heteroatoms. The summed E-state index contributed by atoms with van der Waals surface area (Å²) < 4.78 is 0.177. The quantitative estimate of drug-likeness (QED) is 0.324. The minimum atomic E-state index is -1.32. The third-order valence-corrected chi connectivity index (χ3v) is 2.85. The van der Waals surface area contributed by atoms with Gasteiger partial charge >= 0.3 is 11.9 Å². The molecule has 0 radical (unpaired) electrons. The number of carbonyl (C=O) groups excluding carboxylic acids is 2. The van der Waals surface area contributed by atoms with Gasteiger partial charge in [0.05, 0.1) is 4.43 Å². The fourth-order valence-corrected chi connectivity index (χ4v) is 1.39. The predicted molar refractivity (Wildman–Crippen MR) is 72.9 cm³/mol. The molecule has 2 atom stereocenters. The van der Waals surface area contributed by atoms with Crippen molar-refractivity contribution in [2.75, 3.05) is 4.43 Å². The summed E-state index contributed by atoms with van der Waals surface area (Å²) in [5, 5.41) is 21.9. The van der Waals surface area contributed by atoms with Crippen LogP contribution in [-0.2, 0) is 19.2 Å². The van der Waals surface area contributed by atoms with Crippen LogP contribution < -0.4 is 10.6 Å². The molecule has 0 saturated heterocycles. The lowest BCUT2D eigenvalue weighted by molar-refractivity contribution is -0.143. The minimum Gasteiger partial charge on any atom is -0.481 e. The van der Waals surface area contributed by atoms with Gasteiger partial charge in [0.15, 0.2) is 0 Å². The van der Waals surface area contributed by atoms with Crippen LogP contribution in [0.2, 0.25) is 0 Å². The number of hydrogen-bond donors (Lipinski definition) is 4. The maximum Gasteiger partial charge on any atom is 0.326 e. The van der Waals surface area contributed by atoms with Crippen LogP contribution >= 0.6 is 22.6 Å². The highest BCUT2D eigenvalue weighted by atomic mass is 127. The van der Waals surface area contributed by atoms with Crippen LogP contribution in [0.1, 0.15) is 19.8 Å². The topological polar surface area (TPSA) is 133 Å². The Morgan fingerprint density at radius 1 is 1.16 bits per heavy atom. The summed E-state index contributed by atoms with van der Waals surface area (Å²) in [4.78, 5) is 43.9. The highest BCUT2D eigenvalue weighted by Crippen LogP contribution is 1.99. The lowest BCUT2D eigenvalue weighted by Gasteiger charge is -2.17. The zero-order valence-corrected chi connectivity index (χ0v) is 12.3. The summed E-state index contributed by atoms with van der Waals surface area (Å²) in [6.07, 6.45) is -0.588. The standard InChI is InChI=1S/C10H15IN2O6/c1-5(12-7(14)4-11)9(17)13-6(10(18)19)2-3-8(15)16/h5-6H,2-4H2,1H3,(H,12,14)(H,13,17)(H,15,16)(H,18,19)/t5-,6-/m1/s1. The van der Waals surface area contributed by atoms with Crippen molar-refractivity contribution in [2.24, 2.45) is 0 Å². The van der Waals surface area contributed by atoms with E-state index in [4.69, 9.17) is 10.2 Å². The van der Waals surface area contributed by atoms with E-state index in [9.17, 15) is 19.2 Å². The third kappa shape index (κ3) is 7.59. The van der Waals surface area contributed by atoms with Gasteiger partial charge in [-0.15, -0.1) is 0 Å². The average Bonchev–Trinajstić information content (AvgIpc) is 2.32. The van der Waals surface area contributed by atoms with Gasteiger partial charge in [0.1, 0.15) is 12.1 Å². The lowest BCUT2D eigenvalue weighted by Crippen LogP contribution is -2.50. The van der Waals surface area contributed by atoms with E-state index in [2.05, 4.69) is 10.6 Å². The molecule has 0 aliphatic heterocycles. The maximum absolute atomic E-state index is 11.6. The van der Waals surface area contributed by atoms with Crippen LogP contribution in [0.3, 0.4) is 0 Å². The van der Waals surface area contributed by atoms with Crippen molar-refractivity contribution in [2.45, 2.75) is 31.8 Å². The van der Waals surface area contributed by atoms with Crippen molar-refractivity contribution in [3.05, 3.63) is 0 Å². The van der Waals surface area contributed by atoms with E-state index in [1.165, 1.54) is 6.92 Å². The first-order chi connectivity index (χ1) is 8.77. The summed E-state index contributed by atoms with van der Waals surface area (Å²) in [5.74, 6) is -3.48. The molecule has 0 rings (SSSR count). The molecule has 2 amide bonds. The molecule has 19 heavy (non-hydrogen) atoms. The van der Waals surface area contributed by atoms with Crippen LogP contribution in [0, 0.1) is 0 Å². The van der Waals surface area contributed by atoms with Crippen LogP contribution in [0.5, 0.6) is 0 Å². The number of rotatable bonds is 8. The van der Waals surface area contributed by atoms with Gasteiger partial charge in [0, 0.05) is 6.42 Å². The number of halogens is 1. The van der Waals surface area contributed by atoms with Crippen molar-refractivity contribution in [1.29, 1.82) is 0 Å². The zero-order valence-electron chi connectivity index (χ0n) is 10.2. The summed E-state index contributed by atoms with van der Waals surface area (Å²) in [6.45, 7) is 1.41. The summed E-state index contributed by atoms with van der Waals surface area (Å²) in [7, 11) is 0. The monoisotopic (exact) mass is 386 g/mol. The van der Waals surface area contributed by atoms with Gasteiger partial charge in [0.25, 0.3) is 0 Å². The summed E-state index contributed by atoms with van der Waals surface area (Å²) in [5.41, 5.74) is 0. The second kappa shape index (κ2) is 8.67. The van der Waals surface area contributed by atoms with Gasteiger partial charge in [-0.3, -0.25) is 14.4 Å². The Morgan fingerprint density at radius 3 is 2.16 bits per heavy atom. The normalized spacial score (nSPS) is 13.2. The minimum absolute atomic E-state index is 0.177. The molecule has 4 N–H and O–H groups in total. The lowest BCUT2D eigenvalue weighted by atomic mass is 10.1. The Bertz CT molecular complexity index is 373. The first kappa shape index (κ1) is 17.6. The Labute approximate surface area is 123 Å². The Morgan fingerprint density at radius 2 is 1.74 bits per heavy atom. The number of carbonyl (C=O) groups is 4. The van der Waals surface area contributed by atoms with Crippen molar-refractivity contribution in [3.63, 3.8) is 0 Å². The molecule has 0 aromatic rings. The van der Waals surface area contributed by atoms with Crippen LogP contribution in [-0.4, -0.2) is 50.5 Å². The zero-order chi connectivity index (χ0) is 15.0. The SMILES string of the molecule is C[C@@H](NC(=O)CI)C(=O)N[C@H](CCC(=O)O)C(=O)O. The number of nitrogens with one attached hydrogen (secondary N) is 2. The van der Waals surface area contributed by atoms with Crippen molar-refractivity contribution in [1.82, 2.24) is 10.6 Å². The van der Waals surface area contributed by atoms with E-state index >= 15 is 0 Å². The van der Waals surface area contributed by atoms with Gasteiger partial charge in [0.2, 0.25) is 11.8 Å². The molecular weight excluding hydrogens is 371 g/mol. The van der Waals surface area contributed by atoms with Crippen LogP contribution in [0.15, 0.2) is 0 Å². The fourth-order valence-electron chi connectivity index (χ4n) is 1.17. The van der Waals surface area contributed by atoms with Crippen molar-refractivity contribution < 1.29 is 29.4 Å². The summed E-state index contributed by atoms with van der Waals surface area (Å²) >= 11 is 1.82. The highest BCUT2D eigenvalue weighted by Gasteiger charge is 2.24. The first-order valence-corrected chi connectivity index (χ1v) is 6.90. The number of carboxylic acid groups (broad SMARTS) is 2. The van der Waals surface area contributed by atoms with Gasteiger partial charge < -0.3 is 20.8 Å². The number of amides is 2. The molecule has 0 spiro atoms. The average molecular weight is 386 g/mol. The smallest absolute Gasteiger partial charge is 0.326 e. The van der Waals surface area contributed by atoms with Gasteiger partial charge in [-0.1, -0.05) is 22.6 Å². The Hall–Kier alpha value is -1.39. The third-order valence-electron chi connectivity index (χ3n) is 2.15. The first-order valence-electron chi connectivity index (χ1n) is 5.38. The molecule has 0 aliphatic rings. The largest absolute Gasteiger partial charge is 0.481 e. The fraction of sp³-hybridized carbons (Fsp3) is 0.600. The molecule has 0 aromatic carbocycles. The second-order valence-corrected chi connectivity index (χ2v) is 4.52. The van der Waals surface area contributed by atoms with Gasteiger partial charge in [-0.2, -0.15) is 0 Å². The van der Waals surface area contributed by atoms with E-state index in [1.54, 1.807) is 0 Å². The van der Waals surface area contributed by atoms with Crippen molar-refractivity contribution >= 4 is 46.3 Å². The second-order valence-electron chi connectivity index (χ2n) is 3.75. The van der Waals surface area contributed by atoms with Gasteiger partial charge in [-0.25, -0.2) is 4.79 Å². The molecular formula is C10H15IN2O6. The number of alkyl halides is 1. The Kier molecular flexibility index (Phi) is 8.03. The number of hydrogen-bond acceptors (Lipinski definition) is 4. The predicted octanol–water partition coefficient (Wildman–Crippen LogP) is -0.640. The maximum atomic E-state index is 11.6. The van der Waals surface area contributed by atoms with E-state index < -0.39 is 29.9 Å². The van der Waals surface area contributed by atoms with Crippen molar-refractivity contribution in [3.8, 4) is 0 Å². The van der Waals surface area contributed by atoms with Crippen LogP contribution in [0.25, 0.3) is 0 Å². The molecule has 108 valence electrons. The molecule has 0 bridgehead atoms. The Balaban J connectivity index is 4.41. The summed E-state index contributed by atoms with van der Waals surface area (Å²) in [6, 6.07) is -2.17. The van der Waals surface area contributed by atoms with Crippen LogP contribution in [0.4, 0.5) is 0 Å². The molecule has 8 nitrogen and oxygen atoms in total. The van der Waals surface area contributed by atoms with E-state index in [-0.39, 0.29) is 23.2 Å². The van der Waals surface area contributed by atoms with E-state index in [0.717, 1.165) is 0 Å². The van der Waals surface area contributed by atoms with E-state index in [1.807, 2.05) is 22.6 Å². The molecule has 0 unspecified atom stereocenters. The molecule has 0 saturated carbocycles. The van der Waals surface area contributed by atoms with Gasteiger partial charge in [-0.05, 0) is 13.3 Å². The van der Waals surface area contributed by atoms with E-state index in [0.29, 0.717) is 0 Å².